The van der Waals surface area contributed by atoms with Gasteiger partial charge in [0.2, 0.25) is 0 Å². The first-order chi connectivity index (χ1) is 10.4. The van der Waals surface area contributed by atoms with Crippen LogP contribution in [0.1, 0.15) is 32.1 Å². The number of methoxy groups -OCH3 is 1. The largest absolute Gasteiger partial charge is 0.497 e. The zero-order valence-electron chi connectivity index (χ0n) is 12.4. The Bertz CT molecular complexity index is 633. The smallest absolute Gasteiger partial charge is 0.119 e. The van der Waals surface area contributed by atoms with Gasteiger partial charge in [-0.05, 0) is 43.0 Å². The molecule has 1 aliphatic carbocycles. The zero-order valence-corrected chi connectivity index (χ0v) is 12.4. The molecular formula is C17H21N3O. The van der Waals surface area contributed by atoms with E-state index in [4.69, 9.17) is 4.74 Å². The van der Waals surface area contributed by atoms with E-state index >= 15 is 0 Å². The van der Waals surface area contributed by atoms with Crippen molar-refractivity contribution in [3.63, 3.8) is 0 Å². The van der Waals surface area contributed by atoms with Crippen LogP contribution in [0.15, 0.2) is 35.6 Å². The highest BCUT2D eigenvalue weighted by Gasteiger charge is 2.10. The molecule has 0 aliphatic heterocycles. The van der Waals surface area contributed by atoms with Crippen molar-refractivity contribution in [2.45, 2.75) is 32.1 Å². The van der Waals surface area contributed by atoms with Crippen molar-refractivity contribution in [1.82, 2.24) is 4.98 Å². The van der Waals surface area contributed by atoms with Crippen LogP contribution in [0.25, 0.3) is 10.9 Å². The summed E-state index contributed by atoms with van der Waals surface area (Å²) < 4.78 is 5.28. The average Bonchev–Trinajstić information content (AvgIpc) is 2.55. The number of aromatic nitrogens is 1. The fourth-order valence-corrected chi connectivity index (χ4v) is 2.85. The van der Waals surface area contributed by atoms with E-state index in [1.807, 2.05) is 24.3 Å². The third-order valence-corrected chi connectivity index (χ3v) is 4.07. The van der Waals surface area contributed by atoms with E-state index in [1.165, 1.54) is 32.1 Å². The van der Waals surface area contributed by atoms with Crippen LogP contribution in [0, 0.1) is 5.92 Å². The Kier molecular flexibility index (Phi) is 4.34. The molecule has 1 aromatic heterocycles. The number of nitrogens with zero attached hydrogens (tertiary/aromatic N) is 2. The maximum absolute atomic E-state index is 5.28. The monoisotopic (exact) mass is 283 g/mol. The first-order valence-electron chi connectivity index (χ1n) is 7.59. The Labute approximate surface area is 125 Å². The fraction of sp³-hybridized carbons (Fsp3) is 0.412. The highest BCUT2D eigenvalue weighted by molar-refractivity contribution is 5.92. The van der Waals surface area contributed by atoms with Gasteiger partial charge in [0.1, 0.15) is 5.75 Å². The summed E-state index contributed by atoms with van der Waals surface area (Å²) in [5, 5.41) is 5.45. The van der Waals surface area contributed by atoms with Crippen molar-refractivity contribution in [3.05, 3.63) is 30.5 Å². The van der Waals surface area contributed by atoms with Gasteiger partial charge in [-0.15, -0.1) is 0 Å². The van der Waals surface area contributed by atoms with Gasteiger partial charge in [-0.25, -0.2) is 0 Å². The molecule has 1 aliphatic rings. The first kappa shape index (κ1) is 13.9. The third kappa shape index (κ3) is 3.32. The molecule has 4 heteroatoms. The normalized spacial score (nSPS) is 16.4. The zero-order chi connectivity index (χ0) is 14.5. The Balaban J connectivity index is 1.78. The van der Waals surface area contributed by atoms with Crippen LogP contribution < -0.4 is 10.2 Å². The number of benzene rings is 1. The van der Waals surface area contributed by atoms with Crippen molar-refractivity contribution in [2.75, 3.05) is 12.5 Å². The van der Waals surface area contributed by atoms with E-state index in [0.717, 1.165) is 22.3 Å². The lowest BCUT2D eigenvalue weighted by Crippen LogP contribution is -2.08. The number of anilines is 1. The van der Waals surface area contributed by atoms with Crippen LogP contribution in [-0.4, -0.2) is 18.3 Å². The second kappa shape index (κ2) is 6.57. The van der Waals surface area contributed by atoms with Crippen LogP contribution in [0.5, 0.6) is 5.75 Å². The lowest BCUT2D eigenvalue weighted by molar-refractivity contribution is 0.415. The van der Waals surface area contributed by atoms with Gasteiger partial charge in [0, 0.05) is 17.8 Å². The van der Waals surface area contributed by atoms with Gasteiger partial charge in [-0.2, -0.15) is 5.10 Å². The Morgan fingerprint density at radius 1 is 1.24 bits per heavy atom. The summed E-state index contributed by atoms with van der Waals surface area (Å²) in [5.74, 6) is 1.45. The van der Waals surface area contributed by atoms with E-state index in [-0.39, 0.29) is 0 Å². The minimum Gasteiger partial charge on any atom is -0.497 e. The maximum Gasteiger partial charge on any atom is 0.119 e. The van der Waals surface area contributed by atoms with Crippen molar-refractivity contribution >= 4 is 22.8 Å². The van der Waals surface area contributed by atoms with E-state index in [0.29, 0.717) is 5.92 Å². The Hall–Kier alpha value is -2.10. The molecule has 0 amide bonds. The summed E-state index contributed by atoms with van der Waals surface area (Å²) in [6.07, 6.45) is 10.4. The van der Waals surface area contributed by atoms with Crippen LogP contribution in [-0.2, 0) is 0 Å². The Morgan fingerprint density at radius 2 is 2.10 bits per heavy atom. The molecule has 4 nitrogen and oxygen atoms in total. The summed E-state index contributed by atoms with van der Waals surface area (Å²) in [5.41, 5.74) is 5.06. The molecule has 21 heavy (non-hydrogen) atoms. The summed E-state index contributed by atoms with van der Waals surface area (Å²) in [7, 11) is 1.67. The summed E-state index contributed by atoms with van der Waals surface area (Å²) in [6.45, 7) is 0. The molecule has 0 radical (unpaired) electrons. The predicted molar refractivity (Wildman–Crippen MR) is 87.0 cm³/mol. The minimum atomic E-state index is 0.619. The lowest BCUT2D eigenvalue weighted by Gasteiger charge is -2.17. The quantitative estimate of drug-likeness (QED) is 0.675. The SMILES string of the molecule is COc1ccc2nccc(N/N=C/C3CCCCC3)c2c1. The van der Waals surface area contributed by atoms with Crippen molar-refractivity contribution < 1.29 is 4.74 Å². The van der Waals surface area contributed by atoms with E-state index in [2.05, 4.69) is 21.7 Å². The molecule has 3 rings (SSSR count). The average molecular weight is 283 g/mol. The van der Waals surface area contributed by atoms with Crippen molar-refractivity contribution in [1.29, 1.82) is 0 Å². The fourth-order valence-electron chi connectivity index (χ4n) is 2.85. The number of fused-ring (bicyclic) bond motifs is 1. The number of nitrogens with one attached hydrogen (secondary N) is 1. The van der Waals surface area contributed by atoms with Crippen molar-refractivity contribution in [3.8, 4) is 5.75 Å². The summed E-state index contributed by atoms with van der Waals surface area (Å²) in [6, 6.07) is 7.81. The second-order valence-corrected chi connectivity index (χ2v) is 5.53. The standard InChI is InChI=1S/C17H21N3O/c1-21-14-7-8-16-15(11-14)17(9-10-18-16)20-19-12-13-5-3-2-4-6-13/h7-13H,2-6H2,1H3,(H,18,20)/b19-12+. The summed E-state index contributed by atoms with van der Waals surface area (Å²) in [4.78, 5) is 4.37. The lowest BCUT2D eigenvalue weighted by atomic mass is 9.90. The molecule has 110 valence electrons. The van der Waals surface area contributed by atoms with E-state index in [1.54, 1.807) is 13.3 Å². The molecule has 1 heterocycles. The topological polar surface area (TPSA) is 46.5 Å². The molecule has 2 aromatic rings. The van der Waals surface area contributed by atoms with Gasteiger partial charge in [0.05, 0.1) is 18.3 Å². The van der Waals surface area contributed by atoms with Crippen molar-refractivity contribution in [2.24, 2.45) is 11.0 Å². The molecule has 1 aromatic carbocycles. The Morgan fingerprint density at radius 3 is 2.90 bits per heavy atom. The molecule has 0 spiro atoms. The number of hydrogen-bond donors (Lipinski definition) is 1. The van der Waals surface area contributed by atoms with Crippen LogP contribution >= 0.6 is 0 Å². The van der Waals surface area contributed by atoms with Crippen LogP contribution in [0.4, 0.5) is 5.69 Å². The first-order valence-corrected chi connectivity index (χ1v) is 7.59. The number of rotatable bonds is 4. The number of ether oxygens (including phenoxy) is 1. The van der Waals surface area contributed by atoms with Crippen LogP contribution in [0.2, 0.25) is 0 Å². The van der Waals surface area contributed by atoms with E-state index in [9.17, 15) is 0 Å². The number of pyridine rings is 1. The van der Waals surface area contributed by atoms with Gasteiger partial charge in [-0.3, -0.25) is 10.4 Å². The highest BCUT2D eigenvalue weighted by Crippen LogP contribution is 2.26. The number of hydrazone groups is 1. The molecule has 0 bridgehead atoms. The maximum atomic E-state index is 5.28. The van der Waals surface area contributed by atoms with E-state index < -0.39 is 0 Å². The van der Waals surface area contributed by atoms with Crippen LogP contribution in [0.3, 0.4) is 0 Å². The van der Waals surface area contributed by atoms with Gasteiger partial charge in [0.15, 0.2) is 0 Å². The minimum absolute atomic E-state index is 0.619. The highest BCUT2D eigenvalue weighted by atomic mass is 16.5. The molecular weight excluding hydrogens is 262 g/mol. The third-order valence-electron chi connectivity index (χ3n) is 4.07. The predicted octanol–water partition coefficient (Wildman–Crippen LogP) is 4.22. The van der Waals surface area contributed by atoms with Gasteiger partial charge in [-0.1, -0.05) is 19.3 Å². The molecule has 1 saturated carbocycles. The molecule has 0 atom stereocenters. The molecule has 0 saturated heterocycles. The second-order valence-electron chi connectivity index (χ2n) is 5.53. The molecule has 0 unspecified atom stereocenters. The summed E-state index contributed by atoms with van der Waals surface area (Å²) >= 11 is 0. The number of hydrogen-bond acceptors (Lipinski definition) is 4. The molecule has 1 N–H and O–H groups in total. The van der Waals surface area contributed by atoms with Gasteiger partial charge >= 0.3 is 0 Å². The van der Waals surface area contributed by atoms with Gasteiger partial charge < -0.3 is 4.74 Å². The molecule has 1 fully saturated rings. The van der Waals surface area contributed by atoms with Gasteiger partial charge in [0.25, 0.3) is 0 Å².